The van der Waals surface area contributed by atoms with Crippen molar-refractivity contribution in [1.82, 2.24) is 0 Å². The molecule has 3 heteroatoms. The van der Waals surface area contributed by atoms with Gasteiger partial charge in [0.1, 0.15) is 0 Å². The lowest BCUT2D eigenvalue weighted by Gasteiger charge is -2.22. The topological polar surface area (TPSA) is 37.3 Å². The third-order valence-electron chi connectivity index (χ3n) is 3.58. The molecule has 1 atom stereocenters. The van der Waals surface area contributed by atoms with Gasteiger partial charge in [-0.2, -0.15) is 0 Å². The Kier molecular flexibility index (Phi) is 3.06. The molecule has 1 aliphatic rings. The van der Waals surface area contributed by atoms with Crippen molar-refractivity contribution in [3.05, 3.63) is 34.3 Å². The number of hydrogen-bond donors (Lipinski definition) is 1. The first-order valence-electron chi connectivity index (χ1n) is 5.59. The van der Waals surface area contributed by atoms with E-state index >= 15 is 0 Å². The Balaban J connectivity index is 2.31. The lowest BCUT2D eigenvalue weighted by atomic mass is 9.81. The summed E-state index contributed by atoms with van der Waals surface area (Å²) in [6, 6.07) is 8.07. The van der Waals surface area contributed by atoms with Crippen LogP contribution in [0.3, 0.4) is 0 Å². The summed E-state index contributed by atoms with van der Waals surface area (Å²) in [5, 5.41) is 9.26. The standard InChI is InChI=1S/C13H15BrO2/c1-2-11(12(15)16)13(7-8-13)9-3-5-10(14)6-4-9/h3-6,11H,2,7-8H2,1H3,(H,15,16). The molecule has 1 aliphatic carbocycles. The third kappa shape index (κ3) is 1.88. The summed E-state index contributed by atoms with van der Waals surface area (Å²) in [7, 11) is 0. The van der Waals surface area contributed by atoms with Crippen molar-refractivity contribution in [2.75, 3.05) is 0 Å². The molecule has 0 aromatic heterocycles. The fourth-order valence-electron chi connectivity index (χ4n) is 2.56. The number of hydrogen-bond acceptors (Lipinski definition) is 1. The van der Waals surface area contributed by atoms with Crippen LogP contribution >= 0.6 is 15.9 Å². The first-order chi connectivity index (χ1) is 7.60. The molecule has 0 bridgehead atoms. The van der Waals surface area contributed by atoms with Gasteiger partial charge in [0.25, 0.3) is 0 Å². The molecule has 2 nitrogen and oxygen atoms in total. The molecule has 1 saturated carbocycles. The summed E-state index contributed by atoms with van der Waals surface area (Å²) in [5.74, 6) is -0.906. The first kappa shape index (κ1) is 11.6. The van der Waals surface area contributed by atoms with Crippen LogP contribution in [-0.4, -0.2) is 11.1 Å². The minimum absolute atomic E-state index is 0.0959. The fourth-order valence-corrected chi connectivity index (χ4v) is 2.82. The average Bonchev–Trinajstić information content (AvgIpc) is 3.01. The summed E-state index contributed by atoms with van der Waals surface area (Å²) in [5.41, 5.74) is 1.08. The second-order valence-electron chi connectivity index (χ2n) is 4.46. The highest BCUT2D eigenvalue weighted by molar-refractivity contribution is 9.10. The lowest BCUT2D eigenvalue weighted by molar-refractivity contribution is -0.143. The maximum Gasteiger partial charge on any atom is 0.307 e. The van der Waals surface area contributed by atoms with E-state index in [1.165, 1.54) is 5.56 Å². The lowest BCUT2D eigenvalue weighted by Crippen LogP contribution is -2.27. The van der Waals surface area contributed by atoms with E-state index in [0.29, 0.717) is 6.42 Å². The van der Waals surface area contributed by atoms with Crippen LogP contribution in [0.2, 0.25) is 0 Å². The molecular formula is C13H15BrO2. The normalized spacial score (nSPS) is 19.1. The van der Waals surface area contributed by atoms with Crippen molar-refractivity contribution in [1.29, 1.82) is 0 Å². The summed E-state index contributed by atoms with van der Waals surface area (Å²) < 4.78 is 1.04. The largest absolute Gasteiger partial charge is 0.481 e. The number of aliphatic carboxylic acids is 1. The summed E-state index contributed by atoms with van der Waals surface area (Å²) >= 11 is 3.40. The minimum Gasteiger partial charge on any atom is -0.481 e. The van der Waals surface area contributed by atoms with E-state index in [0.717, 1.165) is 17.3 Å². The first-order valence-corrected chi connectivity index (χ1v) is 6.38. The van der Waals surface area contributed by atoms with Crippen LogP contribution in [0.1, 0.15) is 31.7 Å². The zero-order valence-corrected chi connectivity index (χ0v) is 10.8. The van der Waals surface area contributed by atoms with Gasteiger partial charge in [-0.05, 0) is 37.0 Å². The molecule has 0 heterocycles. The van der Waals surface area contributed by atoms with E-state index in [1.807, 2.05) is 31.2 Å². The molecule has 0 radical (unpaired) electrons. The number of carboxylic acid groups (broad SMARTS) is 1. The van der Waals surface area contributed by atoms with Gasteiger partial charge in [0, 0.05) is 9.89 Å². The predicted molar refractivity (Wildman–Crippen MR) is 66.5 cm³/mol. The smallest absolute Gasteiger partial charge is 0.307 e. The minimum atomic E-state index is -0.664. The van der Waals surface area contributed by atoms with Gasteiger partial charge >= 0.3 is 5.97 Å². The number of carbonyl (C=O) groups is 1. The van der Waals surface area contributed by atoms with E-state index in [-0.39, 0.29) is 11.3 Å². The number of carboxylic acids is 1. The van der Waals surface area contributed by atoms with Gasteiger partial charge < -0.3 is 5.11 Å². The summed E-state index contributed by atoms with van der Waals surface area (Å²) in [4.78, 5) is 11.2. The van der Waals surface area contributed by atoms with Crippen LogP contribution < -0.4 is 0 Å². The van der Waals surface area contributed by atoms with Crippen molar-refractivity contribution >= 4 is 21.9 Å². The predicted octanol–water partition coefficient (Wildman–Crippen LogP) is 3.59. The average molecular weight is 283 g/mol. The zero-order chi connectivity index (χ0) is 11.8. The van der Waals surface area contributed by atoms with Crippen LogP contribution in [0.15, 0.2) is 28.7 Å². The van der Waals surface area contributed by atoms with Gasteiger partial charge in [-0.25, -0.2) is 0 Å². The highest BCUT2D eigenvalue weighted by Gasteiger charge is 2.52. The van der Waals surface area contributed by atoms with Crippen LogP contribution in [-0.2, 0) is 10.2 Å². The number of benzene rings is 1. The van der Waals surface area contributed by atoms with Crippen molar-refractivity contribution in [2.45, 2.75) is 31.6 Å². The van der Waals surface area contributed by atoms with Crippen LogP contribution in [0.5, 0.6) is 0 Å². The van der Waals surface area contributed by atoms with Crippen molar-refractivity contribution in [3.8, 4) is 0 Å². The maximum absolute atomic E-state index is 11.2. The van der Waals surface area contributed by atoms with Crippen molar-refractivity contribution < 1.29 is 9.90 Å². The summed E-state index contributed by atoms with van der Waals surface area (Å²) in [6.07, 6.45) is 2.70. The molecule has 0 aliphatic heterocycles. The molecule has 1 N–H and O–H groups in total. The van der Waals surface area contributed by atoms with Gasteiger partial charge in [-0.15, -0.1) is 0 Å². The second kappa shape index (κ2) is 4.21. The molecule has 1 aromatic carbocycles. The van der Waals surface area contributed by atoms with Gasteiger partial charge in [0.05, 0.1) is 5.92 Å². The Morgan fingerprint density at radius 2 is 2.00 bits per heavy atom. The van der Waals surface area contributed by atoms with Crippen LogP contribution in [0.4, 0.5) is 0 Å². The molecule has 1 aromatic rings. The van der Waals surface area contributed by atoms with E-state index in [1.54, 1.807) is 0 Å². The van der Waals surface area contributed by atoms with Gasteiger partial charge in [-0.1, -0.05) is 35.0 Å². The quantitative estimate of drug-likeness (QED) is 0.916. The SMILES string of the molecule is CCC(C(=O)O)C1(c2ccc(Br)cc2)CC1. The van der Waals surface area contributed by atoms with E-state index < -0.39 is 5.97 Å². The third-order valence-corrected chi connectivity index (χ3v) is 4.11. The molecule has 16 heavy (non-hydrogen) atoms. The monoisotopic (exact) mass is 282 g/mol. The van der Waals surface area contributed by atoms with E-state index in [2.05, 4.69) is 15.9 Å². The number of rotatable bonds is 4. The number of halogens is 1. The molecule has 1 unspecified atom stereocenters. The van der Waals surface area contributed by atoms with Gasteiger partial charge in [0.2, 0.25) is 0 Å². The summed E-state index contributed by atoms with van der Waals surface area (Å²) in [6.45, 7) is 1.96. The van der Waals surface area contributed by atoms with Crippen LogP contribution in [0.25, 0.3) is 0 Å². The van der Waals surface area contributed by atoms with Crippen molar-refractivity contribution in [2.24, 2.45) is 5.92 Å². The van der Waals surface area contributed by atoms with E-state index in [9.17, 15) is 9.90 Å². The Labute approximate surface area is 104 Å². The molecule has 0 saturated heterocycles. The molecular weight excluding hydrogens is 268 g/mol. The van der Waals surface area contributed by atoms with Gasteiger partial charge in [-0.3, -0.25) is 4.79 Å². The Bertz CT molecular complexity index is 393. The molecule has 1 fully saturated rings. The zero-order valence-electron chi connectivity index (χ0n) is 9.24. The Morgan fingerprint density at radius 1 is 1.44 bits per heavy atom. The molecule has 0 spiro atoms. The second-order valence-corrected chi connectivity index (χ2v) is 5.38. The van der Waals surface area contributed by atoms with Crippen LogP contribution in [0, 0.1) is 5.92 Å². The Hall–Kier alpha value is -0.830. The highest BCUT2D eigenvalue weighted by Crippen LogP contribution is 2.55. The molecule has 86 valence electrons. The van der Waals surface area contributed by atoms with E-state index in [4.69, 9.17) is 0 Å². The molecule has 0 amide bonds. The fraction of sp³-hybridized carbons (Fsp3) is 0.462. The highest BCUT2D eigenvalue weighted by atomic mass is 79.9. The molecule has 2 rings (SSSR count). The maximum atomic E-state index is 11.2. The van der Waals surface area contributed by atoms with Crippen molar-refractivity contribution in [3.63, 3.8) is 0 Å². The van der Waals surface area contributed by atoms with Gasteiger partial charge in [0.15, 0.2) is 0 Å². The Morgan fingerprint density at radius 3 is 2.38 bits per heavy atom.